The molecule has 0 unspecified atom stereocenters. The van der Waals surface area contributed by atoms with E-state index in [1.807, 2.05) is 25.1 Å². The lowest BCUT2D eigenvalue weighted by atomic mass is 10.1. The van der Waals surface area contributed by atoms with Crippen LogP contribution in [0.3, 0.4) is 0 Å². The summed E-state index contributed by atoms with van der Waals surface area (Å²) in [6.45, 7) is 4.60. The fraction of sp³-hybridized carbons (Fsp3) is 0.320. The van der Waals surface area contributed by atoms with Gasteiger partial charge in [0.25, 0.3) is 0 Å². The number of halogens is 2. The number of rotatable bonds is 10. The highest BCUT2D eigenvalue weighted by molar-refractivity contribution is 6.31. The number of carboxylic acids is 1. The van der Waals surface area contributed by atoms with Gasteiger partial charge in [-0.05, 0) is 62.2 Å². The Kier molecular flexibility index (Phi) is 8.00. The molecule has 0 saturated heterocycles. The number of benzene rings is 2. The Hall–Kier alpha value is -3.03. The van der Waals surface area contributed by atoms with Crippen molar-refractivity contribution in [2.75, 3.05) is 20.8 Å². The van der Waals surface area contributed by atoms with Crippen molar-refractivity contribution in [2.24, 2.45) is 0 Å². The van der Waals surface area contributed by atoms with E-state index in [9.17, 15) is 14.3 Å². The van der Waals surface area contributed by atoms with E-state index in [0.717, 1.165) is 11.3 Å². The minimum Gasteiger partial charge on any atom is -0.545 e. The molecule has 6 nitrogen and oxygen atoms in total. The Morgan fingerprint density at radius 2 is 1.82 bits per heavy atom. The van der Waals surface area contributed by atoms with Crippen molar-refractivity contribution >= 4 is 17.6 Å². The van der Waals surface area contributed by atoms with Crippen molar-refractivity contribution in [3.05, 3.63) is 80.9 Å². The van der Waals surface area contributed by atoms with Crippen molar-refractivity contribution in [3.8, 4) is 11.5 Å². The molecule has 0 fully saturated rings. The standard InChI is InChI=1S/C25H28ClFN2O4/c1-15-18(13-28-11-10-17-8-9-22(32-3)23(12-17)33-4)24(25(30)31)16(2)29(15)14-19-20(26)6-5-7-21(19)27/h5-9,12,28H,10-11,13-14H2,1-4H3,(H,30,31)/p-1. The summed E-state index contributed by atoms with van der Waals surface area (Å²) in [7, 11) is 3.18. The Morgan fingerprint density at radius 3 is 2.45 bits per heavy atom. The summed E-state index contributed by atoms with van der Waals surface area (Å²) in [6.07, 6.45) is 0.713. The lowest BCUT2D eigenvalue weighted by Crippen LogP contribution is -2.26. The number of hydrogen-bond acceptors (Lipinski definition) is 5. The highest BCUT2D eigenvalue weighted by Gasteiger charge is 2.20. The topological polar surface area (TPSA) is 75.5 Å². The van der Waals surface area contributed by atoms with E-state index in [0.29, 0.717) is 52.9 Å². The fourth-order valence-electron chi connectivity index (χ4n) is 4.00. The van der Waals surface area contributed by atoms with Crippen LogP contribution in [-0.2, 0) is 19.5 Å². The molecule has 1 N–H and O–H groups in total. The van der Waals surface area contributed by atoms with E-state index < -0.39 is 11.8 Å². The molecular weight excluding hydrogens is 447 g/mol. The highest BCUT2D eigenvalue weighted by atomic mass is 35.5. The van der Waals surface area contributed by atoms with Gasteiger partial charge in [0.15, 0.2) is 11.5 Å². The number of aromatic nitrogens is 1. The van der Waals surface area contributed by atoms with Crippen molar-refractivity contribution in [1.82, 2.24) is 9.88 Å². The van der Waals surface area contributed by atoms with Gasteiger partial charge in [-0.2, -0.15) is 0 Å². The smallest absolute Gasteiger partial charge is 0.160 e. The van der Waals surface area contributed by atoms with E-state index in [-0.39, 0.29) is 12.1 Å². The number of methoxy groups -OCH3 is 2. The summed E-state index contributed by atoms with van der Waals surface area (Å²) in [5.41, 5.74) is 3.34. The maximum Gasteiger partial charge on any atom is 0.160 e. The van der Waals surface area contributed by atoms with Gasteiger partial charge >= 0.3 is 0 Å². The first kappa shape index (κ1) is 24.6. The zero-order valence-corrected chi connectivity index (χ0v) is 19.9. The fourth-order valence-corrected chi connectivity index (χ4v) is 4.22. The van der Waals surface area contributed by atoms with E-state index in [1.165, 1.54) is 12.1 Å². The number of carboxylic acid groups (broad SMARTS) is 1. The first-order valence-electron chi connectivity index (χ1n) is 10.5. The first-order chi connectivity index (χ1) is 15.8. The third-order valence-corrected chi connectivity index (χ3v) is 6.19. The van der Waals surface area contributed by atoms with Gasteiger partial charge in [0.1, 0.15) is 5.82 Å². The molecule has 176 valence electrons. The van der Waals surface area contributed by atoms with Crippen LogP contribution in [0.5, 0.6) is 11.5 Å². The third-order valence-electron chi connectivity index (χ3n) is 5.83. The molecule has 0 saturated carbocycles. The van der Waals surface area contributed by atoms with E-state index in [4.69, 9.17) is 21.1 Å². The minimum absolute atomic E-state index is 0.124. The van der Waals surface area contributed by atoms with Crippen molar-refractivity contribution in [2.45, 2.75) is 33.4 Å². The molecule has 1 aromatic heterocycles. The van der Waals surface area contributed by atoms with Gasteiger partial charge in [-0.25, -0.2) is 4.39 Å². The van der Waals surface area contributed by atoms with Crippen molar-refractivity contribution in [3.63, 3.8) is 0 Å². The second-order valence-corrected chi connectivity index (χ2v) is 8.12. The van der Waals surface area contributed by atoms with Crippen LogP contribution in [0.25, 0.3) is 0 Å². The highest BCUT2D eigenvalue weighted by Crippen LogP contribution is 2.28. The number of hydrogen-bond donors (Lipinski definition) is 1. The molecule has 3 aromatic rings. The van der Waals surface area contributed by atoms with Crippen LogP contribution in [0.4, 0.5) is 4.39 Å². The molecule has 0 atom stereocenters. The maximum absolute atomic E-state index is 14.3. The summed E-state index contributed by atoms with van der Waals surface area (Å²) >= 11 is 6.18. The summed E-state index contributed by atoms with van der Waals surface area (Å²) in [4.78, 5) is 11.9. The second-order valence-electron chi connectivity index (χ2n) is 7.71. The number of nitrogens with one attached hydrogen (secondary N) is 1. The largest absolute Gasteiger partial charge is 0.545 e. The zero-order chi connectivity index (χ0) is 24.1. The molecule has 0 aliphatic carbocycles. The molecule has 0 spiro atoms. The van der Waals surface area contributed by atoms with Crippen LogP contribution in [0.1, 0.15) is 38.4 Å². The van der Waals surface area contributed by atoms with Gasteiger partial charge in [0, 0.05) is 34.1 Å². The number of aromatic carboxylic acids is 1. The lowest BCUT2D eigenvalue weighted by Gasteiger charge is -2.12. The second kappa shape index (κ2) is 10.7. The third kappa shape index (κ3) is 5.31. The van der Waals surface area contributed by atoms with E-state index in [1.54, 1.807) is 31.8 Å². The molecule has 0 radical (unpaired) electrons. The molecule has 2 aromatic carbocycles. The maximum atomic E-state index is 14.3. The summed E-state index contributed by atoms with van der Waals surface area (Å²) in [5, 5.41) is 15.5. The van der Waals surface area contributed by atoms with Gasteiger partial charge in [0.05, 0.1) is 26.7 Å². The van der Waals surface area contributed by atoms with Crippen molar-refractivity contribution in [1.29, 1.82) is 0 Å². The molecule has 1 heterocycles. The first-order valence-corrected chi connectivity index (χ1v) is 10.9. The summed E-state index contributed by atoms with van der Waals surface area (Å²) in [5.74, 6) is -0.370. The summed E-state index contributed by atoms with van der Waals surface area (Å²) < 4.78 is 26.7. The van der Waals surface area contributed by atoms with E-state index in [2.05, 4.69) is 5.32 Å². The average Bonchev–Trinajstić information content (AvgIpc) is 3.03. The van der Waals surface area contributed by atoms with Crippen LogP contribution >= 0.6 is 11.6 Å². The number of carbonyl (C=O) groups is 1. The Bertz CT molecular complexity index is 1140. The summed E-state index contributed by atoms with van der Waals surface area (Å²) in [6, 6.07) is 10.2. The molecule has 33 heavy (non-hydrogen) atoms. The quantitative estimate of drug-likeness (QED) is 0.455. The van der Waals surface area contributed by atoms with Crippen LogP contribution in [0, 0.1) is 19.7 Å². The van der Waals surface area contributed by atoms with Gasteiger partial charge < -0.3 is 29.3 Å². The monoisotopic (exact) mass is 473 g/mol. The SMILES string of the molecule is COc1ccc(CCNCc2c(C(=O)[O-])c(C)n(Cc3c(F)cccc3Cl)c2C)cc1OC. The Morgan fingerprint density at radius 1 is 1.09 bits per heavy atom. The van der Waals surface area contributed by atoms with Crippen LogP contribution < -0.4 is 19.9 Å². The molecular formula is C25H27ClFN2O4-. The molecule has 0 bridgehead atoms. The van der Waals surface area contributed by atoms with Gasteiger partial charge in [-0.1, -0.05) is 23.7 Å². The zero-order valence-electron chi connectivity index (χ0n) is 19.1. The molecule has 3 rings (SSSR count). The Labute approximate surface area is 197 Å². The van der Waals surface area contributed by atoms with E-state index >= 15 is 0 Å². The molecule has 0 aliphatic rings. The predicted octanol–water partition coefficient (Wildman–Crippen LogP) is 3.66. The van der Waals surface area contributed by atoms with Crippen LogP contribution in [-0.4, -0.2) is 31.3 Å². The number of ether oxygens (including phenoxy) is 2. The number of carbonyl (C=O) groups excluding carboxylic acids is 1. The lowest BCUT2D eigenvalue weighted by molar-refractivity contribution is -0.255. The normalized spacial score (nSPS) is 11.0. The van der Waals surface area contributed by atoms with Gasteiger partial charge in [-0.15, -0.1) is 0 Å². The molecule has 8 heteroatoms. The molecule has 0 aliphatic heterocycles. The molecule has 0 amide bonds. The van der Waals surface area contributed by atoms with Gasteiger partial charge in [-0.3, -0.25) is 0 Å². The average molecular weight is 474 g/mol. The number of nitrogens with zero attached hydrogens (tertiary/aromatic N) is 1. The van der Waals surface area contributed by atoms with Crippen molar-refractivity contribution < 1.29 is 23.8 Å². The Balaban J connectivity index is 1.76. The van der Waals surface area contributed by atoms with Crippen LogP contribution in [0.15, 0.2) is 36.4 Å². The van der Waals surface area contributed by atoms with Gasteiger partial charge in [0.2, 0.25) is 0 Å². The predicted molar refractivity (Wildman–Crippen MR) is 124 cm³/mol. The van der Waals surface area contributed by atoms with Crippen LogP contribution in [0.2, 0.25) is 5.02 Å². The minimum atomic E-state index is -1.26.